The lowest BCUT2D eigenvalue weighted by Gasteiger charge is -2.24. The molecule has 196 valence electrons. The fourth-order valence-electron chi connectivity index (χ4n) is 3.44. The molecule has 12 heteroatoms. The number of anilines is 3. The lowest BCUT2D eigenvalue weighted by atomic mass is 10.3. The number of rotatable bonds is 9. The van der Waals surface area contributed by atoms with Gasteiger partial charge in [-0.15, -0.1) is 0 Å². The van der Waals surface area contributed by atoms with Crippen LogP contribution in [0.25, 0.3) is 0 Å². The molecule has 0 unspecified atom stereocenters. The molecule has 1 amide bonds. The smallest absolute Gasteiger partial charge is 0.264 e. The van der Waals surface area contributed by atoms with Crippen LogP contribution < -0.4 is 14.3 Å². The number of sulfonamides is 2. The molecule has 0 heterocycles. The highest BCUT2D eigenvalue weighted by Gasteiger charge is 2.27. The maximum Gasteiger partial charge on any atom is 0.264 e. The van der Waals surface area contributed by atoms with Gasteiger partial charge in [0.05, 0.1) is 26.2 Å². The summed E-state index contributed by atoms with van der Waals surface area (Å²) >= 11 is 6.03. The van der Waals surface area contributed by atoms with Crippen LogP contribution in [0.1, 0.15) is 0 Å². The molecular weight excluding hydrogens is 553 g/mol. The molecule has 0 aliphatic heterocycles. The van der Waals surface area contributed by atoms with Crippen molar-refractivity contribution in [2.45, 2.75) is 9.79 Å². The van der Waals surface area contributed by atoms with Crippen molar-refractivity contribution in [1.82, 2.24) is 0 Å². The number of nitrogens with one attached hydrogen (secondary N) is 2. The lowest BCUT2D eigenvalue weighted by molar-refractivity contribution is -0.114. The van der Waals surface area contributed by atoms with Gasteiger partial charge in [0.1, 0.15) is 12.4 Å². The molecule has 0 bridgehead atoms. The van der Waals surface area contributed by atoms with E-state index < -0.39 is 38.3 Å². The van der Waals surface area contributed by atoms with Crippen LogP contribution in [-0.4, -0.2) is 29.3 Å². The average Bonchev–Trinajstić information content (AvgIpc) is 2.89. The summed E-state index contributed by atoms with van der Waals surface area (Å²) in [5.74, 6) is -1.27. The molecule has 38 heavy (non-hydrogen) atoms. The number of carbonyl (C=O) groups is 1. The van der Waals surface area contributed by atoms with Crippen LogP contribution in [0.3, 0.4) is 0 Å². The molecule has 0 atom stereocenters. The van der Waals surface area contributed by atoms with Crippen molar-refractivity contribution in [3.05, 3.63) is 114 Å². The second-order valence-electron chi connectivity index (χ2n) is 7.96. The summed E-state index contributed by atoms with van der Waals surface area (Å²) in [5, 5.41) is 2.81. The van der Waals surface area contributed by atoms with Crippen molar-refractivity contribution in [3.63, 3.8) is 0 Å². The van der Waals surface area contributed by atoms with Gasteiger partial charge in [0.2, 0.25) is 5.91 Å². The van der Waals surface area contributed by atoms with Crippen LogP contribution in [0.15, 0.2) is 113 Å². The van der Waals surface area contributed by atoms with Gasteiger partial charge in [-0.1, -0.05) is 41.9 Å². The first-order valence-corrected chi connectivity index (χ1v) is 14.4. The van der Waals surface area contributed by atoms with Crippen molar-refractivity contribution in [2.24, 2.45) is 0 Å². The first-order chi connectivity index (χ1) is 18.1. The van der Waals surface area contributed by atoms with Crippen molar-refractivity contribution in [1.29, 1.82) is 0 Å². The molecular formula is C26H21ClFN3O5S2. The predicted molar refractivity (Wildman–Crippen MR) is 145 cm³/mol. The van der Waals surface area contributed by atoms with E-state index in [0.29, 0.717) is 0 Å². The molecule has 8 nitrogen and oxygen atoms in total. The minimum Gasteiger partial charge on any atom is -0.325 e. The summed E-state index contributed by atoms with van der Waals surface area (Å²) in [6.07, 6.45) is 0. The molecule has 0 saturated carbocycles. The summed E-state index contributed by atoms with van der Waals surface area (Å²) in [6, 6.07) is 24.0. The minimum atomic E-state index is -4.21. The Kier molecular flexibility index (Phi) is 8.00. The van der Waals surface area contributed by atoms with Crippen LogP contribution in [0.4, 0.5) is 21.5 Å². The van der Waals surface area contributed by atoms with E-state index in [0.717, 1.165) is 28.6 Å². The zero-order valence-electron chi connectivity index (χ0n) is 19.6. The summed E-state index contributed by atoms with van der Waals surface area (Å²) in [4.78, 5) is 12.6. The third kappa shape index (κ3) is 6.31. The number of para-hydroxylation sites is 2. The Morgan fingerprint density at radius 1 is 0.763 bits per heavy atom. The van der Waals surface area contributed by atoms with E-state index in [2.05, 4.69) is 10.0 Å². The Labute approximate surface area is 224 Å². The van der Waals surface area contributed by atoms with Crippen LogP contribution in [0.5, 0.6) is 0 Å². The number of hydrogen-bond acceptors (Lipinski definition) is 5. The molecule has 2 N–H and O–H groups in total. The molecule has 4 rings (SSSR count). The van der Waals surface area contributed by atoms with Gasteiger partial charge in [0, 0.05) is 5.69 Å². The van der Waals surface area contributed by atoms with Gasteiger partial charge in [-0.25, -0.2) is 21.2 Å². The zero-order valence-corrected chi connectivity index (χ0v) is 22.0. The van der Waals surface area contributed by atoms with Gasteiger partial charge in [-0.05, 0) is 72.8 Å². The van der Waals surface area contributed by atoms with Gasteiger partial charge in [-0.2, -0.15) is 0 Å². The van der Waals surface area contributed by atoms with Crippen LogP contribution in [0, 0.1) is 5.82 Å². The normalized spacial score (nSPS) is 11.5. The van der Waals surface area contributed by atoms with Crippen molar-refractivity contribution in [2.75, 3.05) is 20.9 Å². The third-order valence-corrected chi connectivity index (χ3v) is 8.80. The Morgan fingerprint density at radius 3 is 1.97 bits per heavy atom. The molecule has 0 aromatic heterocycles. The monoisotopic (exact) mass is 573 g/mol. The Balaban J connectivity index is 1.52. The van der Waals surface area contributed by atoms with Crippen molar-refractivity contribution in [3.8, 4) is 0 Å². The fraction of sp³-hybridized carbons (Fsp3) is 0.0385. The van der Waals surface area contributed by atoms with Crippen LogP contribution in [-0.2, 0) is 24.8 Å². The highest BCUT2D eigenvalue weighted by atomic mass is 35.5. The first-order valence-electron chi connectivity index (χ1n) is 11.1. The number of halogens is 2. The quantitative estimate of drug-likeness (QED) is 0.289. The number of benzene rings is 4. The highest BCUT2D eigenvalue weighted by Crippen LogP contribution is 2.26. The maximum atomic E-state index is 13.4. The van der Waals surface area contributed by atoms with E-state index in [4.69, 9.17) is 11.6 Å². The van der Waals surface area contributed by atoms with Crippen LogP contribution >= 0.6 is 11.6 Å². The first kappa shape index (κ1) is 27.1. The predicted octanol–water partition coefficient (Wildman–Crippen LogP) is 5.11. The third-order valence-electron chi connectivity index (χ3n) is 5.30. The largest absolute Gasteiger partial charge is 0.325 e. The second kappa shape index (κ2) is 11.2. The number of nitrogens with zero attached hydrogens (tertiary/aromatic N) is 1. The van der Waals surface area contributed by atoms with E-state index in [1.807, 2.05) is 0 Å². The molecule has 0 fully saturated rings. The Bertz CT molecular complexity index is 1650. The SMILES string of the molecule is O=C(CN(c1ccccc1)S(=O)(=O)c1ccc(F)cc1)Nc1ccc(S(=O)(=O)Nc2ccccc2Cl)cc1. The molecule has 0 aliphatic carbocycles. The van der Waals surface area contributed by atoms with E-state index in [1.54, 1.807) is 36.4 Å². The van der Waals surface area contributed by atoms with Gasteiger partial charge in [0.15, 0.2) is 0 Å². The van der Waals surface area contributed by atoms with Crippen molar-refractivity contribution >= 4 is 54.6 Å². The van der Waals surface area contributed by atoms with E-state index in [-0.39, 0.29) is 31.9 Å². The van der Waals surface area contributed by atoms with Gasteiger partial charge in [-0.3, -0.25) is 13.8 Å². The standard InChI is InChI=1S/C26H21ClFN3O5S2/c27-24-8-4-5-9-25(24)30-37(33,34)22-16-12-20(13-17-22)29-26(32)18-31(21-6-2-1-3-7-21)38(35,36)23-14-10-19(28)11-15-23/h1-17,30H,18H2,(H,29,32). The topological polar surface area (TPSA) is 113 Å². The molecule has 0 saturated heterocycles. The minimum absolute atomic E-state index is 0.0692. The van der Waals surface area contributed by atoms with Gasteiger partial charge >= 0.3 is 0 Å². The number of amides is 1. The van der Waals surface area contributed by atoms with Crippen LogP contribution in [0.2, 0.25) is 5.02 Å². The summed E-state index contributed by atoms with van der Waals surface area (Å²) in [7, 11) is -8.16. The number of hydrogen-bond donors (Lipinski definition) is 2. The van der Waals surface area contributed by atoms with E-state index in [9.17, 15) is 26.0 Å². The van der Waals surface area contributed by atoms with Crippen molar-refractivity contribution < 1.29 is 26.0 Å². The van der Waals surface area contributed by atoms with E-state index in [1.165, 1.54) is 42.5 Å². The maximum absolute atomic E-state index is 13.4. The van der Waals surface area contributed by atoms with Gasteiger partial charge < -0.3 is 5.32 Å². The summed E-state index contributed by atoms with van der Waals surface area (Å²) < 4.78 is 68.7. The Morgan fingerprint density at radius 2 is 1.34 bits per heavy atom. The molecule has 0 radical (unpaired) electrons. The molecule has 4 aromatic rings. The fourth-order valence-corrected chi connectivity index (χ4v) is 6.18. The Hall–Kier alpha value is -3.93. The average molecular weight is 574 g/mol. The van der Waals surface area contributed by atoms with E-state index >= 15 is 0 Å². The molecule has 0 aliphatic rings. The zero-order chi connectivity index (χ0) is 27.3. The molecule has 4 aromatic carbocycles. The summed E-state index contributed by atoms with van der Waals surface area (Å²) in [6.45, 7) is -0.585. The highest BCUT2D eigenvalue weighted by molar-refractivity contribution is 7.93. The summed E-state index contributed by atoms with van der Waals surface area (Å²) in [5.41, 5.74) is 0.702. The van der Waals surface area contributed by atoms with Gasteiger partial charge in [0.25, 0.3) is 20.0 Å². The lowest BCUT2D eigenvalue weighted by Crippen LogP contribution is -2.38. The molecule has 0 spiro atoms. The second-order valence-corrected chi connectivity index (χ2v) is 11.9. The number of carbonyl (C=O) groups excluding carboxylic acids is 1.